The minimum absolute atomic E-state index is 0.0582. The van der Waals surface area contributed by atoms with Crippen LogP contribution in [-0.4, -0.2) is 46.5 Å². The molecule has 0 atom stereocenters. The van der Waals surface area contributed by atoms with Crippen molar-refractivity contribution in [2.24, 2.45) is 10.7 Å². The van der Waals surface area contributed by atoms with Crippen molar-refractivity contribution in [1.29, 1.82) is 5.26 Å². The molecular weight excluding hydrogens is 483 g/mol. The highest BCUT2D eigenvalue weighted by molar-refractivity contribution is 5.99. The number of aliphatic imine (C=N–C) groups is 1. The largest absolute Gasteiger partial charge is 0.417 e. The number of morpholine rings is 1. The standard InChI is InChI=1S/C26H22F3N7O/c1-16-21(19-11-23(35-6-8-37-9-7-35)25-32-4-5-36(25)15-19)12-20(14-33-16)34-24(31)17-2-3-18(13-30)22(10-17)26(27,28)29/h2-5,10-12,14-15H,6-9H2,1H3,(H2,31,34). The maximum absolute atomic E-state index is 13.4. The van der Waals surface area contributed by atoms with Crippen molar-refractivity contribution in [3.05, 3.63) is 77.5 Å². The third-order valence-corrected chi connectivity index (χ3v) is 6.19. The van der Waals surface area contributed by atoms with Crippen LogP contribution in [0, 0.1) is 18.3 Å². The van der Waals surface area contributed by atoms with Gasteiger partial charge in [0.25, 0.3) is 0 Å². The molecule has 3 aromatic heterocycles. The number of imidazole rings is 1. The minimum Gasteiger partial charge on any atom is -0.383 e. The molecule has 0 bridgehead atoms. The van der Waals surface area contributed by atoms with Crippen LogP contribution >= 0.6 is 0 Å². The molecular formula is C26H22F3N7O. The molecule has 0 amide bonds. The van der Waals surface area contributed by atoms with Gasteiger partial charge in [0, 0.05) is 54.1 Å². The number of pyridine rings is 2. The number of nitriles is 1. The SMILES string of the molecule is Cc1ncc(N=C(N)c2ccc(C#N)c(C(F)(F)F)c2)cc1-c1cc(N2CCOCC2)c2nccn2c1. The summed E-state index contributed by atoms with van der Waals surface area (Å²) in [5.41, 5.74) is 9.22. The number of fused-ring (bicyclic) bond motifs is 1. The molecule has 1 aliphatic heterocycles. The van der Waals surface area contributed by atoms with Gasteiger partial charge in [0.15, 0.2) is 5.65 Å². The van der Waals surface area contributed by atoms with Crippen LogP contribution in [0.5, 0.6) is 0 Å². The molecule has 2 N–H and O–H groups in total. The summed E-state index contributed by atoms with van der Waals surface area (Å²) in [6.07, 6.45) is 2.38. The van der Waals surface area contributed by atoms with E-state index in [0.29, 0.717) is 18.9 Å². The zero-order chi connectivity index (χ0) is 26.2. The van der Waals surface area contributed by atoms with Gasteiger partial charge in [-0.05, 0) is 37.3 Å². The average Bonchev–Trinajstić information content (AvgIpc) is 3.37. The van der Waals surface area contributed by atoms with Crippen LogP contribution in [-0.2, 0) is 10.9 Å². The van der Waals surface area contributed by atoms with Crippen LogP contribution in [0.1, 0.15) is 22.4 Å². The van der Waals surface area contributed by atoms with Gasteiger partial charge < -0.3 is 19.8 Å². The smallest absolute Gasteiger partial charge is 0.383 e. The van der Waals surface area contributed by atoms with Crippen LogP contribution in [0.25, 0.3) is 16.8 Å². The number of nitrogens with zero attached hydrogens (tertiary/aromatic N) is 6. The predicted molar refractivity (Wildman–Crippen MR) is 133 cm³/mol. The number of nitrogens with two attached hydrogens (primary N) is 1. The van der Waals surface area contributed by atoms with E-state index in [1.165, 1.54) is 12.3 Å². The lowest BCUT2D eigenvalue weighted by Crippen LogP contribution is -2.36. The molecule has 1 fully saturated rings. The molecule has 4 heterocycles. The minimum atomic E-state index is -4.69. The topological polar surface area (TPSA) is 105 Å². The van der Waals surface area contributed by atoms with Crippen molar-refractivity contribution < 1.29 is 17.9 Å². The summed E-state index contributed by atoms with van der Waals surface area (Å²) in [5.74, 6) is -0.120. The lowest BCUT2D eigenvalue weighted by atomic mass is 10.0. The van der Waals surface area contributed by atoms with E-state index < -0.39 is 17.3 Å². The molecule has 37 heavy (non-hydrogen) atoms. The number of hydrogen-bond acceptors (Lipinski definition) is 6. The highest BCUT2D eigenvalue weighted by atomic mass is 19.4. The molecule has 8 nitrogen and oxygen atoms in total. The number of aryl methyl sites for hydroxylation is 1. The second-order valence-electron chi connectivity index (χ2n) is 8.57. The number of ether oxygens (including phenoxy) is 1. The summed E-state index contributed by atoms with van der Waals surface area (Å²) < 4.78 is 47.6. The molecule has 11 heteroatoms. The summed E-state index contributed by atoms with van der Waals surface area (Å²) in [6, 6.07) is 8.67. The number of hydrogen-bond donors (Lipinski definition) is 1. The molecule has 5 rings (SSSR count). The van der Waals surface area contributed by atoms with Crippen LogP contribution in [0.15, 0.2) is 60.1 Å². The molecule has 1 aliphatic rings. The second-order valence-corrected chi connectivity index (χ2v) is 8.57. The van der Waals surface area contributed by atoms with Crippen LogP contribution in [0.2, 0.25) is 0 Å². The number of rotatable bonds is 4. The number of halogens is 3. The number of anilines is 1. The Balaban J connectivity index is 1.55. The average molecular weight is 506 g/mol. The predicted octanol–water partition coefficient (Wildman–Crippen LogP) is 4.47. The van der Waals surface area contributed by atoms with Gasteiger partial charge in [0.1, 0.15) is 5.84 Å². The van der Waals surface area contributed by atoms with Gasteiger partial charge >= 0.3 is 6.18 Å². The zero-order valence-electron chi connectivity index (χ0n) is 19.8. The van der Waals surface area contributed by atoms with Crippen molar-refractivity contribution in [3.8, 4) is 17.2 Å². The lowest BCUT2D eigenvalue weighted by Gasteiger charge is -2.29. The summed E-state index contributed by atoms with van der Waals surface area (Å²) in [7, 11) is 0. The summed E-state index contributed by atoms with van der Waals surface area (Å²) in [5, 5.41) is 9.03. The number of amidine groups is 1. The molecule has 0 radical (unpaired) electrons. The Labute approximate surface area is 210 Å². The summed E-state index contributed by atoms with van der Waals surface area (Å²) >= 11 is 0. The summed E-state index contributed by atoms with van der Waals surface area (Å²) in [4.78, 5) is 15.5. The van der Waals surface area contributed by atoms with Crippen molar-refractivity contribution in [2.45, 2.75) is 13.1 Å². The first kappa shape index (κ1) is 24.3. The molecule has 0 saturated carbocycles. The van der Waals surface area contributed by atoms with Crippen molar-refractivity contribution >= 4 is 22.9 Å². The van der Waals surface area contributed by atoms with Crippen LogP contribution in [0.3, 0.4) is 0 Å². The molecule has 0 spiro atoms. The Kier molecular flexibility index (Phi) is 6.27. The molecule has 188 valence electrons. The number of benzene rings is 1. The van der Waals surface area contributed by atoms with Crippen LogP contribution < -0.4 is 10.6 Å². The third-order valence-electron chi connectivity index (χ3n) is 6.19. The van der Waals surface area contributed by atoms with Crippen LogP contribution in [0.4, 0.5) is 24.5 Å². The van der Waals surface area contributed by atoms with Gasteiger partial charge in [-0.1, -0.05) is 0 Å². The van der Waals surface area contributed by atoms with E-state index in [1.54, 1.807) is 18.3 Å². The second kappa shape index (κ2) is 9.55. The fraction of sp³-hybridized carbons (Fsp3) is 0.231. The Morgan fingerprint density at radius 1 is 1.16 bits per heavy atom. The highest BCUT2D eigenvalue weighted by Gasteiger charge is 2.34. The van der Waals surface area contributed by atoms with E-state index in [1.807, 2.05) is 29.8 Å². The van der Waals surface area contributed by atoms with E-state index in [0.717, 1.165) is 53.4 Å². The first-order valence-electron chi connectivity index (χ1n) is 11.5. The van der Waals surface area contributed by atoms with Crippen molar-refractivity contribution in [3.63, 3.8) is 0 Å². The van der Waals surface area contributed by atoms with Gasteiger partial charge in [0.05, 0.1) is 48.0 Å². The normalized spacial score (nSPS) is 14.7. The Morgan fingerprint density at radius 3 is 2.68 bits per heavy atom. The Morgan fingerprint density at radius 2 is 1.95 bits per heavy atom. The monoisotopic (exact) mass is 505 g/mol. The summed E-state index contributed by atoms with van der Waals surface area (Å²) in [6.45, 7) is 4.62. The Bertz CT molecular complexity index is 1550. The lowest BCUT2D eigenvalue weighted by molar-refractivity contribution is -0.137. The molecule has 1 saturated heterocycles. The van der Waals surface area contributed by atoms with Gasteiger partial charge in [-0.15, -0.1) is 0 Å². The zero-order valence-corrected chi connectivity index (χ0v) is 19.8. The van der Waals surface area contributed by atoms with E-state index in [4.69, 9.17) is 15.7 Å². The quantitative estimate of drug-likeness (QED) is 0.324. The first-order valence-corrected chi connectivity index (χ1v) is 11.5. The van der Waals surface area contributed by atoms with Gasteiger partial charge in [-0.2, -0.15) is 18.4 Å². The van der Waals surface area contributed by atoms with Crippen molar-refractivity contribution in [2.75, 3.05) is 31.2 Å². The fourth-order valence-corrected chi connectivity index (χ4v) is 4.31. The van der Waals surface area contributed by atoms with Crippen molar-refractivity contribution in [1.82, 2.24) is 14.4 Å². The third kappa shape index (κ3) is 4.83. The number of aromatic nitrogens is 3. The first-order chi connectivity index (χ1) is 17.7. The molecule has 0 unspecified atom stereocenters. The molecule has 0 aliphatic carbocycles. The Hall–Kier alpha value is -4.43. The van der Waals surface area contributed by atoms with E-state index in [9.17, 15) is 13.2 Å². The fourth-order valence-electron chi connectivity index (χ4n) is 4.31. The highest BCUT2D eigenvalue weighted by Crippen LogP contribution is 2.34. The van der Waals surface area contributed by atoms with E-state index >= 15 is 0 Å². The van der Waals surface area contributed by atoms with Gasteiger partial charge in [0.2, 0.25) is 0 Å². The maximum Gasteiger partial charge on any atom is 0.417 e. The van der Waals surface area contributed by atoms with Gasteiger partial charge in [-0.3, -0.25) is 4.98 Å². The molecule has 1 aromatic carbocycles. The molecule has 4 aromatic rings. The van der Waals surface area contributed by atoms with E-state index in [-0.39, 0.29) is 11.4 Å². The maximum atomic E-state index is 13.4. The van der Waals surface area contributed by atoms with E-state index in [2.05, 4.69) is 19.9 Å². The van der Waals surface area contributed by atoms with Gasteiger partial charge in [-0.25, -0.2) is 9.98 Å². The number of alkyl halides is 3.